The molecule has 1 aromatic rings. The topological polar surface area (TPSA) is 109 Å². The maximum absolute atomic E-state index is 10.6. The number of aliphatic hydroxyl groups is 2. The molecule has 0 saturated heterocycles. The number of anilines is 1. The second-order valence-electron chi connectivity index (χ2n) is 2.98. The maximum Gasteiger partial charge on any atom is 0.311 e. The van der Waals surface area contributed by atoms with Gasteiger partial charge in [-0.2, -0.15) is 0 Å². The lowest BCUT2D eigenvalue weighted by Crippen LogP contribution is -2.23. The molecule has 0 spiro atoms. The van der Waals surface area contributed by atoms with Gasteiger partial charge in [-0.3, -0.25) is 10.1 Å². The third-order valence-corrected chi connectivity index (χ3v) is 1.96. The fraction of sp³-hybridized carbons (Fsp3) is 0.375. The number of hydrogen-bond acceptors (Lipinski definition) is 6. The van der Waals surface area contributed by atoms with E-state index in [-0.39, 0.29) is 23.2 Å². The number of nitrogens with one attached hydrogen (secondary N) is 1. The number of aliphatic hydroxyl groups excluding tert-OH is 2. The minimum absolute atomic E-state index is 0.0370. The molecule has 0 aliphatic heterocycles. The van der Waals surface area contributed by atoms with Crippen LogP contribution < -0.4 is 5.32 Å². The van der Waals surface area contributed by atoms with Crippen molar-refractivity contribution in [2.45, 2.75) is 6.10 Å². The van der Waals surface area contributed by atoms with Crippen LogP contribution in [0.15, 0.2) is 12.1 Å². The van der Waals surface area contributed by atoms with Crippen molar-refractivity contribution >= 4 is 23.1 Å². The second-order valence-corrected chi connectivity index (χ2v) is 3.36. The Morgan fingerprint density at radius 3 is 2.88 bits per heavy atom. The van der Waals surface area contributed by atoms with Crippen LogP contribution in [0.2, 0.25) is 5.15 Å². The molecule has 0 radical (unpaired) electrons. The fourth-order valence-electron chi connectivity index (χ4n) is 0.984. The third-order valence-electron chi connectivity index (χ3n) is 1.75. The van der Waals surface area contributed by atoms with Gasteiger partial charge in [0, 0.05) is 12.6 Å². The molecule has 1 aromatic heterocycles. The van der Waals surface area contributed by atoms with E-state index in [1.165, 1.54) is 12.1 Å². The Bertz CT molecular complexity index is 388. The van der Waals surface area contributed by atoms with E-state index in [0.29, 0.717) is 0 Å². The highest BCUT2D eigenvalue weighted by molar-refractivity contribution is 6.29. The summed E-state index contributed by atoms with van der Waals surface area (Å²) in [7, 11) is 0. The zero-order valence-electron chi connectivity index (χ0n) is 8.13. The summed E-state index contributed by atoms with van der Waals surface area (Å²) in [6, 6.07) is 2.51. The summed E-state index contributed by atoms with van der Waals surface area (Å²) in [6.07, 6.45) is -1.01. The number of hydrogen-bond donors (Lipinski definition) is 3. The van der Waals surface area contributed by atoms with Gasteiger partial charge in [0.2, 0.25) is 5.82 Å². The van der Waals surface area contributed by atoms with Crippen molar-refractivity contribution in [1.29, 1.82) is 0 Å². The van der Waals surface area contributed by atoms with Crippen LogP contribution in [0.25, 0.3) is 0 Å². The lowest BCUT2D eigenvalue weighted by Gasteiger charge is -2.09. The van der Waals surface area contributed by atoms with Crippen molar-refractivity contribution < 1.29 is 15.1 Å². The summed E-state index contributed by atoms with van der Waals surface area (Å²) >= 11 is 5.59. The summed E-state index contributed by atoms with van der Waals surface area (Å²) in [4.78, 5) is 13.7. The predicted octanol–water partition coefficient (Wildman–Crippen LogP) is 0.408. The number of rotatable bonds is 5. The van der Waals surface area contributed by atoms with E-state index in [1.54, 1.807) is 0 Å². The average molecular weight is 248 g/mol. The van der Waals surface area contributed by atoms with Crippen LogP contribution in [0.4, 0.5) is 11.5 Å². The lowest BCUT2D eigenvalue weighted by molar-refractivity contribution is -0.384. The molecule has 0 aliphatic rings. The molecule has 0 aromatic carbocycles. The first kappa shape index (κ1) is 12.6. The average Bonchev–Trinajstić information content (AvgIpc) is 2.25. The van der Waals surface area contributed by atoms with Crippen molar-refractivity contribution in [1.82, 2.24) is 4.98 Å². The van der Waals surface area contributed by atoms with E-state index in [4.69, 9.17) is 21.8 Å². The first-order valence-electron chi connectivity index (χ1n) is 4.38. The third kappa shape index (κ3) is 3.30. The van der Waals surface area contributed by atoms with Gasteiger partial charge in [-0.25, -0.2) is 4.98 Å². The first-order chi connectivity index (χ1) is 7.54. The van der Waals surface area contributed by atoms with Crippen molar-refractivity contribution in [3.63, 3.8) is 0 Å². The SMILES string of the molecule is O=[N+]([O-])c1ccc(Cl)nc1NCC(O)CO. The molecule has 1 heterocycles. The van der Waals surface area contributed by atoms with Gasteiger partial charge in [-0.05, 0) is 6.07 Å². The summed E-state index contributed by atoms with van der Waals surface area (Å²) < 4.78 is 0. The lowest BCUT2D eigenvalue weighted by atomic mass is 10.3. The van der Waals surface area contributed by atoms with Gasteiger partial charge >= 0.3 is 5.69 Å². The maximum atomic E-state index is 10.6. The van der Waals surface area contributed by atoms with Crippen molar-refractivity contribution in [3.8, 4) is 0 Å². The summed E-state index contributed by atoms with van der Waals surface area (Å²) in [6.45, 7) is -0.494. The van der Waals surface area contributed by atoms with Gasteiger partial charge in [0.1, 0.15) is 5.15 Å². The van der Waals surface area contributed by atoms with Gasteiger partial charge in [-0.1, -0.05) is 11.6 Å². The second kappa shape index (κ2) is 5.59. The van der Waals surface area contributed by atoms with Crippen molar-refractivity contribution in [3.05, 3.63) is 27.4 Å². The van der Waals surface area contributed by atoms with E-state index in [2.05, 4.69) is 10.3 Å². The number of nitrogens with zero attached hydrogens (tertiary/aromatic N) is 2. The molecule has 7 nitrogen and oxygen atoms in total. The molecule has 0 amide bonds. The van der Waals surface area contributed by atoms with Crippen LogP contribution in [-0.2, 0) is 0 Å². The minimum atomic E-state index is -1.01. The molecule has 1 atom stereocenters. The van der Waals surface area contributed by atoms with E-state index in [9.17, 15) is 10.1 Å². The molecule has 3 N–H and O–H groups in total. The standard InChI is InChI=1S/C8H10ClN3O4/c9-7-2-1-6(12(15)16)8(11-7)10-3-5(14)4-13/h1-2,5,13-14H,3-4H2,(H,10,11). The van der Waals surface area contributed by atoms with Crippen LogP contribution in [-0.4, -0.2) is 39.4 Å². The molecule has 1 unspecified atom stereocenters. The van der Waals surface area contributed by atoms with Gasteiger partial charge < -0.3 is 15.5 Å². The molecule has 0 saturated carbocycles. The predicted molar refractivity (Wildman–Crippen MR) is 57.5 cm³/mol. The van der Waals surface area contributed by atoms with Gasteiger partial charge in [0.25, 0.3) is 0 Å². The molecular formula is C8H10ClN3O4. The molecule has 0 bridgehead atoms. The highest BCUT2D eigenvalue weighted by Crippen LogP contribution is 2.23. The Labute approximate surface area is 95.8 Å². The summed E-state index contributed by atoms with van der Waals surface area (Å²) in [5, 5.41) is 30.9. The van der Waals surface area contributed by atoms with Crippen LogP contribution in [0.1, 0.15) is 0 Å². The van der Waals surface area contributed by atoms with Crippen LogP contribution in [0.5, 0.6) is 0 Å². The number of pyridine rings is 1. The van der Waals surface area contributed by atoms with Crippen LogP contribution >= 0.6 is 11.6 Å². The van der Waals surface area contributed by atoms with E-state index < -0.39 is 17.6 Å². The largest absolute Gasteiger partial charge is 0.394 e. The molecule has 88 valence electrons. The molecule has 16 heavy (non-hydrogen) atoms. The number of halogens is 1. The molecular weight excluding hydrogens is 238 g/mol. The number of nitro groups is 1. The van der Waals surface area contributed by atoms with Crippen LogP contribution in [0.3, 0.4) is 0 Å². The normalized spacial score (nSPS) is 12.2. The van der Waals surface area contributed by atoms with E-state index >= 15 is 0 Å². The zero-order valence-corrected chi connectivity index (χ0v) is 8.89. The quantitative estimate of drug-likeness (QED) is 0.395. The molecule has 0 aliphatic carbocycles. The Morgan fingerprint density at radius 2 is 2.31 bits per heavy atom. The van der Waals surface area contributed by atoms with Crippen LogP contribution in [0, 0.1) is 10.1 Å². The molecule has 8 heteroatoms. The Morgan fingerprint density at radius 1 is 1.62 bits per heavy atom. The highest BCUT2D eigenvalue weighted by atomic mass is 35.5. The van der Waals surface area contributed by atoms with Crippen molar-refractivity contribution in [2.75, 3.05) is 18.5 Å². The molecule has 0 fully saturated rings. The van der Waals surface area contributed by atoms with E-state index in [0.717, 1.165) is 0 Å². The Hall–Kier alpha value is -1.44. The van der Waals surface area contributed by atoms with Gasteiger partial charge in [0.05, 0.1) is 17.6 Å². The van der Waals surface area contributed by atoms with Crippen molar-refractivity contribution in [2.24, 2.45) is 0 Å². The Balaban J connectivity index is 2.84. The van der Waals surface area contributed by atoms with E-state index in [1.807, 2.05) is 0 Å². The monoisotopic (exact) mass is 247 g/mol. The first-order valence-corrected chi connectivity index (χ1v) is 4.76. The highest BCUT2D eigenvalue weighted by Gasteiger charge is 2.16. The fourth-order valence-corrected chi connectivity index (χ4v) is 1.13. The Kier molecular flexibility index (Phi) is 4.41. The van der Waals surface area contributed by atoms with Gasteiger partial charge in [-0.15, -0.1) is 0 Å². The summed E-state index contributed by atoms with van der Waals surface area (Å²) in [5.74, 6) is -0.0370. The zero-order chi connectivity index (χ0) is 12.1. The minimum Gasteiger partial charge on any atom is -0.394 e. The summed E-state index contributed by atoms with van der Waals surface area (Å²) in [5.41, 5.74) is -0.241. The number of aromatic nitrogens is 1. The van der Waals surface area contributed by atoms with Gasteiger partial charge in [0.15, 0.2) is 0 Å². The smallest absolute Gasteiger partial charge is 0.311 e. The molecule has 1 rings (SSSR count).